The van der Waals surface area contributed by atoms with Crippen molar-refractivity contribution >= 4 is 40.3 Å². The molecule has 1 amide bonds. The van der Waals surface area contributed by atoms with Gasteiger partial charge < -0.3 is 54.3 Å². The molecule has 386 valence electrons. The van der Waals surface area contributed by atoms with Crippen LogP contribution in [0.3, 0.4) is 0 Å². The fourth-order valence-corrected chi connectivity index (χ4v) is 9.42. The first-order valence-electron chi connectivity index (χ1n) is 23.6. The highest BCUT2D eigenvalue weighted by atomic mass is 19.2. The number of carbonyl (C=O) groups excluding carboxylic acids is 3. The fraction of sp³-hybridized carbons (Fsp3) is 0.442. The lowest BCUT2D eigenvalue weighted by Gasteiger charge is -2.38. The van der Waals surface area contributed by atoms with E-state index in [4.69, 9.17) is 23.5 Å². The molecule has 20 heteroatoms. The first kappa shape index (κ1) is 52.9. The summed E-state index contributed by atoms with van der Waals surface area (Å²) in [6, 6.07) is 5.10. The van der Waals surface area contributed by atoms with Crippen molar-refractivity contribution in [3.63, 3.8) is 0 Å². The number of hydrogen-bond donors (Lipinski definition) is 6. The predicted molar refractivity (Wildman–Crippen MR) is 260 cm³/mol. The number of aromatic nitrogens is 1. The summed E-state index contributed by atoms with van der Waals surface area (Å²) in [5, 5.41) is 71.4. The van der Waals surface area contributed by atoms with Crippen molar-refractivity contribution in [3.8, 4) is 34.3 Å². The number of hydrazone groups is 1. The largest absolute Gasteiger partial charge is 0.507 e. The van der Waals surface area contributed by atoms with Gasteiger partial charge in [0.1, 0.15) is 29.0 Å². The van der Waals surface area contributed by atoms with Gasteiger partial charge in [0, 0.05) is 99.0 Å². The molecule has 18 nitrogen and oxygen atoms in total. The lowest BCUT2D eigenvalue weighted by atomic mass is 9.78. The van der Waals surface area contributed by atoms with Crippen molar-refractivity contribution < 1.29 is 72.2 Å². The number of halogens is 2. The van der Waals surface area contributed by atoms with Crippen molar-refractivity contribution in [2.75, 3.05) is 38.6 Å². The van der Waals surface area contributed by atoms with E-state index >= 15 is 0 Å². The molecule has 1 fully saturated rings. The Balaban J connectivity index is 1.25. The zero-order valence-electron chi connectivity index (χ0n) is 41.5. The number of aliphatic hydroxyl groups excluding tert-OH is 2. The number of piperazine rings is 1. The molecule has 0 unspecified atom stereocenters. The van der Waals surface area contributed by atoms with Gasteiger partial charge in [-0.15, -0.1) is 0 Å². The number of amides is 1. The number of phenolic OH excluding ortho intramolecular Hbond substituents is 3. The lowest BCUT2D eigenvalue weighted by molar-refractivity contribution is -0.160. The van der Waals surface area contributed by atoms with Crippen LogP contribution in [0, 0.1) is 42.2 Å². The quantitative estimate of drug-likeness (QED) is 0.0480. The summed E-state index contributed by atoms with van der Waals surface area (Å²) in [6.07, 6.45) is 4.52. The Labute approximate surface area is 414 Å². The molecule has 0 spiro atoms. The molecule has 4 aromatic rings. The van der Waals surface area contributed by atoms with Gasteiger partial charge >= 0.3 is 11.8 Å². The number of nitrogens with one attached hydrogen (secondary N) is 1. The van der Waals surface area contributed by atoms with Crippen LogP contribution in [0.1, 0.15) is 75.7 Å². The minimum atomic E-state index is -2.11. The molecule has 1 aromatic heterocycles. The van der Waals surface area contributed by atoms with Crippen LogP contribution in [0.5, 0.6) is 23.0 Å². The number of allylic oxidation sites excluding steroid dienone is 2. The number of aliphatic hydroxyl groups is 2. The van der Waals surface area contributed by atoms with E-state index in [1.807, 2.05) is 0 Å². The number of fused-ring (bicyclic) bond motifs is 14. The van der Waals surface area contributed by atoms with Crippen LogP contribution in [-0.2, 0) is 30.3 Å². The molecule has 6 N–H and O–H groups in total. The number of ketones is 1. The monoisotopic (exact) mass is 1000 g/mol. The van der Waals surface area contributed by atoms with Crippen LogP contribution in [-0.4, -0.2) is 128 Å². The molecule has 3 aromatic carbocycles. The molecule has 5 heterocycles. The van der Waals surface area contributed by atoms with Crippen LogP contribution >= 0.6 is 0 Å². The average molecular weight is 1000 g/mol. The molecule has 4 aliphatic rings. The maximum absolute atomic E-state index is 14.6. The second-order valence-corrected chi connectivity index (χ2v) is 18.9. The Hall–Kier alpha value is -6.87. The Bertz CT molecular complexity index is 2860. The van der Waals surface area contributed by atoms with Crippen molar-refractivity contribution in [1.82, 2.24) is 15.1 Å². The van der Waals surface area contributed by atoms with Crippen LogP contribution in [0.25, 0.3) is 22.0 Å². The number of methoxy groups -OCH3 is 1. The maximum atomic E-state index is 14.6. The Morgan fingerprint density at radius 1 is 0.944 bits per heavy atom. The van der Waals surface area contributed by atoms with E-state index < -0.39 is 100 Å². The number of benzene rings is 3. The number of phenols is 3. The van der Waals surface area contributed by atoms with Gasteiger partial charge in [-0.05, 0) is 38.1 Å². The summed E-state index contributed by atoms with van der Waals surface area (Å²) < 4.78 is 56.6. The first-order valence-corrected chi connectivity index (χ1v) is 23.6. The Morgan fingerprint density at radius 3 is 2.32 bits per heavy atom. The summed E-state index contributed by atoms with van der Waals surface area (Å²) in [5.41, 5.74) is 0.0408. The molecular formula is C52H61F2N5O13. The minimum absolute atomic E-state index is 0.0109. The predicted octanol–water partition coefficient (Wildman–Crippen LogP) is 6.84. The van der Waals surface area contributed by atoms with Gasteiger partial charge in [-0.2, -0.15) is 5.10 Å². The van der Waals surface area contributed by atoms with Gasteiger partial charge in [0.05, 0.1) is 59.5 Å². The minimum Gasteiger partial charge on any atom is -0.507 e. The molecule has 1 saturated heterocycles. The third-order valence-corrected chi connectivity index (χ3v) is 13.9. The van der Waals surface area contributed by atoms with E-state index in [0.29, 0.717) is 49.7 Å². The van der Waals surface area contributed by atoms with Crippen molar-refractivity contribution in [2.24, 2.45) is 28.8 Å². The van der Waals surface area contributed by atoms with Crippen molar-refractivity contribution in [3.05, 3.63) is 94.5 Å². The molecule has 0 saturated carbocycles. The van der Waals surface area contributed by atoms with Gasteiger partial charge in [-0.3, -0.25) is 24.3 Å². The number of hydrogen-bond acceptors (Lipinski definition) is 17. The van der Waals surface area contributed by atoms with Gasteiger partial charge in [0.15, 0.2) is 23.1 Å². The van der Waals surface area contributed by atoms with Gasteiger partial charge in [0.2, 0.25) is 0 Å². The molecule has 0 aliphatic carbocycles. The number of anilines is 1. The van der Waals surface area contributed by atoms with Crippen LogP contribution in [0.4, 0.5) is 14.5 Å². The van der Waals surface area contributed by atoms with Crippen LogP contribution in [0.2, 0.25) is 0 Å². The van der Waals surface area contributed by atoms with Gasteiger partial charge in [0.25, 0.3) is 11.7 Å². The number of carbonyl (C=O) groups is 3. The lowest BCUT2D eigenvalue weighted by Crippen LogP contribution is -2.46. The zero-order valence-corrected chi connectivity index (χ0v) is 41.5. The van der Waals surface area contributed by atoms with Gasteiger partial charge in [-0.25, -0.2) is 8.78 Å². The number of aromatic hydroxyl groups is 3. The Morgan fingerprint density at radius 2 is 1.65 bits per heavy atom. The molecule has 72 heavy (non-hydrogen) atoms. The maximum Gasteiger partial charge on any atom is 0.312 e. The molecule has 0 radical (unpaired) electrons. The Kier molecular flexibility index (Phi) is 15.8. The van der Waals surface area contributed by atoms with Gasteiger partial charge in [-0.1, -0.05) is 51.1 Å². The highest BCUT2D eigenvalue weighted by molar-refractivity contribution is 6.23. The number of esters is 1. The fourth-order valence-electron chi connectivity index (χ4n) is 9.42. The number of nitrogens with zero attached hydrogens (tertiary/aromatic N) is 4. The van der Waals surface area contributed by atoms with E-state index in [0.717, 1.165) is 12.1 Å². The van der Waals surface area contributed by atoms with Crippen LogP contribution < -0.4 is 10.1 Å². The first-order chi connectivity index (χ1) is 34.1. The zero-order chi connectivity index (χ0) is 52.5. The number of rotatable bonds is 7. The SMILES string of the molecule is CO[C@H]1/C=C/O[C@@]2(C)Oc3c(C)c(O)c4c(O)c(c(/C=N/N5CCN(Cc6cc(-c7ccc(F)c(F)c7)no6)CC5)c(O)c4c3C2=O)NC(=O)/C(C)=C\C=C\[C@H](C)[C@H](O)[C@@H](C)[C@@H](O)[C@@H](C)[C@H](OC(C)=O)[C@@H]1C. The second kappa shape index (κ2) is 21.5. The third-order valence-electron chi connectivity index (χ3n) is 13.9. The highest BCUT2D eigenvalue weighted by Gasteiger charge is 2.50. The summed E-state index contributed by atoms with van der Waals surface area (Å²) in [6.45, 7) is 14.4. The van der Waals surface area contributed by atoms with E-state index in [9.17, 15) is 48.7 Å². The third kappa shape index (κ3) is 10.5. The van der Waals surface area contributed by atoms with Crippen molar-refractivity contribution in [1.29, 1.82) is 0 Å². The molecular weight excluding hydrogens is 941 g/mol. The molecule has 8 rings (SSSR count). The van der Waals surface area contributed by atoms with E-state index in [-0.39, 0.29) is 44.5 Å². The molecule has 5 bridgehead atoms. The summed E-state index contributed by atoms with van der Waals surface area (Å²) in [7, 11) is 1.42. The topological polar surface area (TPSA) is 246 Å². The van der Waals surface area contributed by atoms with E-state index in [2.05, 4.69) is 20.5 Å². The molecule has 9 atom stereocenters. The number of Topliss-reactive ketones (excluding diaryl/α,β-unsaturated/α-hetero) is 1. The normalized spacial score (nSPS) is 28.4. The summed E-state index contributed by atoms with van der Waals surface area (Å²) in [5.74, 6) is -10.4. The standard InChI is InChI=1S/C52H61F2N5O13/c1-25-11-10-12-26(2)51(67)56-42-34(23-55-59-18-16-58(17-19-59)24-33-22-37(57-72-33)32-13-14-35(53)36(54)21-32)46(64)39-40(47(42)65)45(63)30(6)49-41(39)50(66)52(8,71-49)69-20-15-38(68-9)27(3)48(70-31(7)60)29(5)44(62)28(4)43(25)61/h10-15,20-23,25,27-29,38,43-44,48,61-65H,16-19,24H2,1-9H3,(H,56,67)/b11-10+,20-15+,26-12-,55-23+/t25-,27+,28+,29+,38-,43-,44+,48+,52-/m0/s1. The van der Waals surface area contributed by atoms with Crippen molar-refractivity contribution in [2.45, 2.75) is 92.1 Å². The van der Waals surface area contributed by atoms with Crippen LogP contribution in [0.15, 0.2) is 70.0 Å². The smallest absolute Gasteiger partial charge is 0.312 e. The molecule has 4 aliphatic heterocycles. The summed E-state index contributed by atoms with van der Waals surface area (Å²) in [4.78, 5) is 43.0. The summed E-state index contributed by atoms with van der Waals surface area (Å²) >= 11 is 0. The second-order valence-electron chi connectivity index (χ2n) is 18.9. The highest BCUT2D eigenvalue weighted by Crippen LogP contribution is 2.55. The number of ether oxygens (including phenoxy) is 4. The van der Waals surface area contributed by atoms with E-state index in [1.54, 1.807) is 50.9 Å². The van der Waals surface area contributed by atoms with E-state index in [1.165, 1.54) is 65.5 Å². The average Bonchev–Trinajstić information content (AvgIpc) is 3.92.